The van der Waals surface area contributed by atoms with Crippen LogP contribution in [0.15, 0.2) is 73.1 Å². The van der Waals surface area contributed by atoms with Crippen molar-refractivity contribution in [1.82, 2.24) is 20.1 Å². The fourth-order valence-electron chi connectivity index (χ4n) is 5.96. The number of carbonyl (C=O) groups excluding carboxylic acids is 1. The van der Waals surface area contributed by atoms with E-state index in [9.17, 15) is 9.18 Å². The maximum Gasteiger partial charge on any atom is 0.220 e. The van der Waals surface area contributed by atoms with Crippen LogP contribution in [0.25, 0.3) is 0 Å². The molecule has 0 aliphatic carbocycles. The predicted molar refractivity (Wildman–Crippen MR) is 154 cm³/mol. The number of pyridine rings is 1. The van der Waals surface area contributed by atoms with Crippen LogP contribution in [0.3, 0.4) is 0 Å². The van der Waals surface area contributed by atoms with Gasteiger partial charge in [0.1, 0.15) is 5.82 Å². The first-order valence-electron chi connectivity index (χ1n) is 13.9. The Morgan fingerprint density at radius 1 is 0.974 bits per heavy atom. The summed E-state index contributed by atoms with van der Waals surface area (Å²) in [5.41, 5.74) is 2.95. The van der Waals surface area contributed by atoms with E-state index in [-0.39, 0.29) is 11.7 Å². The second-order valence-electron chi connectivity index (χ2n) is 10.6. The van der Waals surface area contributed by atoms with Crippen LogP contribution in [-0.4, -0.2) is 66.0 Å². The van der Waals surface area contributed by atoms with Gasteiger partial charge in [-0.15, -0.1) is 0 Å². The van der Waals surface area contributed by atoms with E-state index in [1.165, 1.54) is 11.6 Å². The standard InChI is InChI=1S/C31H37ClFN5O/c32-27-10-7-24(8-11-27)22-36-15-13-29(37-16-18-38(19-17-37)30-6-2-1-5-28(30)33)26(23-36)9-12-31(39)35-21-25-4-3-14-34-20-25/h1-8,10-11,14,20,26,29H,9,12-13,15-19,21-23H2,(H,35,39)/t26-,29+/m1/s1. The Balaban J connectivity index is 1.20. The summed E-state index contributed by atoms with van der Waals surface area (Å²) in [6, 6.07) is 19.4. The molecule has 0 bridgehead atoms. The van der Waals surface area contributed by atoms with Crippen molar-refractivity contribution in [2.45, 2.75) is 38.4 Å². The van der Waals surface area contributed by atoms with Crippen molar-refractivity contribution >= 4 is 23.2 Å². The zero-order valence-corrected chi connectivity index (χ0v) is 23.1. The van der Waals surface area contributed by atoms with Crippen LogP contribution in [0.2, 0.25) is 5.02 Å². The number of piperazine rings is 1. The molecule has 206 valence electrons. The van der Waals surface area contributed by atoms with E-state index in [4.69, 9.17) is 11.6 Å². The molecule has 5 rings (SSSR count). The summed E-state index contributed by atoms with van der Waals surface area (Å²) in [5, 5.41) is 3.81. The van der Waals surface area contributed by atoms with Gasteiger partial charge in [-0.2, -0.15) is 0 Å². The number of aromatic nitrogens is 1. The molecular formula is C31H37ClFN5O. The van der Waals surface area contributed by atoms with Crippen molar-refractivity contribution in [3.05, 3.63) is 95.0 Å². The van der Waals surface area contributed by atoms with Gasteiger partial charge in [0.05, 0.1) is 5.69 Å². The maximum atomic E-state index is 14.4. The number of benzene rings is 2. The van der Waals surface area contributed by atoms with Crippen LogP contribution in [0.5, 0.6) is 0 Å². The first-order valence-corrected chi connectivity index (χ1v) is 14.3. The minimum Gasteiger partial charge on any atom is -0.367 e. The smallest absolute Gasteiger partial charge is 0.220 e. The average Bonchev–Trinajstić information content (AvgIpc) is 2.97. The summed E-state index contributed by atoms with van der Waals surface area (Å²) in [5.74, 6) is 0.309. The number of nitrogens with one attached hydrogen (secondary N) is 1. The predicted octanol–water partition coefficient (Wildman–Crippen LogP) is 4.98. The molecule has 2 fully saturated rings. The van der Waals surface area contributed by atoms with Gasteiger partial charge in [0.15, 0.2) is 0 Å². The summed E-state index contributed by atoms with van der Waals surface area (Å²) < 4.78 is 14.4. The third-order valence-electron chi connectivity index (χ3n) is 8.03. The lowest BCUT2D eigenvalue weighted by Crippen LogP contribution is -2.56. The second kappa shape index (κ2) is 13.4. The van der Waals surface area contributed by atoms with Crippen LogP contribution >= 0.6 is 11.6 Å². The number of anilines is 1. The fourth-order valence-corrected chi connectivity index (χ4v) is 6.09. The highest BCUT2D eigenvalue weighted by Gasteiger charge is 2.35. The van der Waals surface area contributed by atoms with Crippen LogP contribution < -0.4 is 10.2 Å². The molecule has 2 aromatic carbocycles. The number of hydrogen-bond acceptors (Lipinski definition) is 5. The summed E-state index contributed by atoms with van der Waals surface area (Å²) in [6.07, 6.45) is 5.93. The molecule has 8 heteroatoms. The molecule has 0 unspecified atom stereocenters. The number of likely N-dealkylation sites (tertiary alicyclic amines) is 1. The van der Waals surface area contributed by atoms with Gasteiger partial charge in [0, 0.05) is 75.7 Å². The van der Waals surface area contributed by atoms with Crippen molar-refractivity contribution in [3.63, 3.8) is 0 Å². The minimum absolute atomic E-state index is 0.0804. The Morgan fingerprint density at radius 3 is 2.51 bits per heavy atom. The molecule has 0 radical (unpaired) electrons. The Bertz CT molecular complexity index is 1200. The van der Waals surface area contributed by atoms with E-state index in [0.717, 1.165) is 69.2 Å². The Morgan fingerprint density at radius 2 is 1.77 bits per heavy atom. The molecule has 0 spiro atoms. The van der Waals surface area contributed by atoms with Gasteiger partial charge in [-0.05, 0) is 66.8 Å². The maximum absolute atomic E-state index is 14.4. The van der Waals surface area contributed by atoms with Crippen molar-refractivity contribution in [3.8, 4) is 0 Å². The third kappa shape index (κ3) is 7.56. The first kappa shape index (κ1) is 27.6. The number of rotatable bonds is 9. The largest absolute Gasteiger partial charge is 0.367 e. The molecule has 3 aromatic rings. The van der Waals surface area contributed by atoms with Crippen LogP contribution in [0.1, 0.15) is 30.4 Å². The van der Waals surface area contributed by atoms with E-state index < -0.39 is 0 Å². The summed E-state index contributed by atoms with van der Waals surface area (Å²) in [4.78, 5) is 24.1. The zero-order valence-electron chi connectivity index (χ0n) is 22.3. The van der Waals surface area contributed by atoms with Gasteiger partial charge >= 0.3 is 0 Å². The van der Waals surface area contributed by atoms with Crippen LogP contribution in [0, 0.1) is 11.7 Å². The van der Waals surface area contributed by atoms with Crippen LogP contribution in [0.4, 0.5) is 10.1 Å². The van der Waals surface area contributed by atoms with Crippen molar-refractivity contribution in [2.75, 3.05) is 44.2 Å². The van der Waals surface area contributed by atoms with Gasteiger partial charge in [-0.3, -0.25) is 19.6 Å². The van der Waals surface area contributed by atoms with Crippen molar-refractivity contribution in [2.24, 2.45) is 5.92 Å². The normalized spacial score (nSPS) is 20.6. The summed E-state index contributed by atoms with van der Waals surface area (Å²) in [6.45, 7) is 6.78. The quantitative estimate of drug-likeness (QED) is 0.408. The molecule has 2 atom stereocenters. The Hall–Kier alpha value is -3.00. The van der Waals surface area contributed by atoms with Crippen LogP contribution in [-0.2, 0) is 17.9 Å². The second-order valence-corrected chi connectivity index (χ2v) is 11.1. The van der Waals surface area contributed by atoms with E-state index in [0.29, 0.717) is 30.6 Å². The lowest BCUT2D eigenvalue weighted by atomic mass is 9.86. The van der Waals surface area contributed by atoms with Gasteiger partial charge in [0.25, 0.3) is 0 Å². The number of amides is 1. The van der Waals surface area contributed by atoms with Gasteiger partial charge in [0.2, 0.25) is 5.91 Å². The fraction of sp³-hybridized carbons (Fsp3) is 0.419. The van der Waals surface area contributed by atoms with E-state index in [1.807, 2.05) is 36.4 Å². The number of halogens is 2. The zero-order chi connectivity index (χ0) is 27.0. The van der Waals surface area contributed by atoms with Crippen molar-refractivity contribution in [1.29, 1.82) is 0 Å². The first-order chi connectivity index (χ1) is 19.0. The molecule has 3 heterocycles. The third-order valence-corrected chi connectivity index (χ3v) is 8.28. The average molecular weight is 550 g/mol. The molecule has 6 nitrogen and oxygen atoms in total. The van der Waals surface area contributed by atoms with E-state index in [2.05, 4.69) is 37.1 Å². The SMILES string of the molecule is O=C(CC[C@@H]1CN(Cc2ccc(Cl)cc2)CC[C@@H]1N1CCN(c2ccccc2F)CC1)NCc1cccnc1. The van der Waals surface area contributed by atoms with Crippen molar-refractivity contribution < 1.29 is 9.18 Å². The van der Waals surface area contributed by atoms with Gasteiger partial charge in [-0.25, -0.2) is 4.39 Å². The number of hydrogen-bond donors (Lipinski definition) is 1. The molecule has 1 amide bonds. The summed E-state index contributed by atoms with van der Waals surface area (Å²) in [7, 11) is 0. The topological polar surface area (TPSA) is 51.7 Å². The molecular weight excluding hydrogens is 513 g/mol. The molecule has 1 aromatic heterocycles. The number of nitrogens with zero attached hydrogens (tertiary/aromatic N) is 4. The highest BCUT2D eigenvalue weighted by molar-refractivity contribution is 6.30. The molecule has 2 aliphatic rings. The molecule has 2 saturated heterocycles. The molecule has 39 heavy (non-hydrogen) atoms. The number of carbonyl (C=O) groups is 1. The Labute approximate surface area is 235 Å². The Kier molecular flexibility index (Phi) is 9.45. The van der Waals surface area contributed by atoms with E-state index >= 15 is 0 Å². The highest BCUT2D eigenvalue weighted by Crippen LogP contribution is 2.29. The number of para-hydroxylation sites is 1. The molecule has 2 aliphatic heterocycles. The molecule has 0 saturated carbocycles. The van der Waals surface area contributed by atoms with E-state index in [1.54, 1.807) is 18.5 Å². The lowest BCUT2D eigenvalue weighted by molar-refractivity contribution is -0.121. The van der Waals surface area contributed by atoms with Gasteiger partial charge in [-0.1, -0.05) is 41.9 Å². The van der Waals surface area contributed by atoms with Gasteiger partial charge < -0.3 is 10.2 Å². The number of piperidine rings is 1. The monoisotopic (exact) mass is 549 g/mol. The highest BCUT2D eigenvalue weighted by atomic mass is 35.5. The minimum atomic E-state index is -0.156. The lowest BCUT2D eigenvalue weighted by Gasteiger charge is -2.47. The molecule has 1 N–H and O–H groups in total. The summed E-state index contributed by atoms with van der Waals surface area (Å²) >= 11 is 6.09.